The molecule has 1 aliphatic heterocycles. The van der Waals surface area contributed by atoms with Gasteiger partial charge in [-0.05, 0) is 17.7 Å². The van der Waals surface area contributed by atoms with Crippen molar-refractivity contribution in [2.45, 2.75) is 12.6 Å². The largest absolute Gasteiger partial charge is 0.384 e. The van der Waals surface area contributed by atoms with E-state index in [1.54, 1.807) is 0 Å². The molecule has 2 rings (SSSR count). The van der Waals surface area contributed by atoms with Gasteiger partial charge in [0.2, 0.25) is 5.91 Å². The number of rotatable bonds is 3. The lowest BCUT2D eigenvalue weighted by Crippen LogP contribution is -2.42. The third kappa shape index (κ3) is 4.02. The van der Waals surface area contributed by atoms with E-state index in [-0.39, 0.29) is 17.8 Å². The summed E-state index contributed by atoms with van der Waals surface area (Å²) in [6.07, 6.45) is 0. The topological polar surface area (TPSA) is 78.4 Å². The van der Waals surface area contributed by atoms with Crippen LogP contribution in [-0.4, -0.2) is 34.7 Å². The van der Waals surface area contributed by atoms with E-state index in [0.717, 1.165) is 22.9 Å². The molecule has 1 aliphatic rings. The van der Waals surface area contributed by atoms with Crippen LogP contribution in [0.25, 0.3) is 0 Å². The van der Waals surface area contributed by atoms with Gasteiger partial charge in [-0.25, -0.2) is 0 Å². The van der Waals surface area contributed by atoms with Crippen LogP contribution in [0.1, 0.15) is 11.1 Å². The van der Waals surface area contributed by atoms with Crippen LogP contribution in [0.4, 0.5) is 4.79 Å². The van der Waals surface area contributed by atoms with Gasteiger partial charge in [-0.2, -0.15) is 0 Å². The summed E-state index contributed by atoms with van der Waals surface area (Å²) in [5.74, 6) is 5.67. The number of hydrogen-bond donors (Lipinski definition) is 3. The molecule has 1 saturated heterocycles. The smallest absolute Gasteiger partial charge is 0.279 e. The zero-order chi connectivity index (χ0) is 14.4. The molecule has 20 heavy (non-hydrogen) atoms. The van der Waals surface area contributed by atoms with Crippen molar-refractivity contribution >= 4 is 22.9 Å². The van der Waals surface area contributed by atoms with Gasteiger partial charge in [-0.3, -0.25) is 9.59 Å². The molecule has 3 N–H and O–H groups in total. The Hall–Kier alpha value is -1.97. The van der Waals surface area contributed by atoms with Crippen molar-refractivity contribution in [3.8, 4) is 11.8 Å². The molecule has 1 aromatic carbocycles. The van der Waals surface area contributed by atoms with Crippen LogP contribution in [0, 0.1) is 11.8 Å². The van der Waals surface area contributed by atoms with Crippen molar-refractivity contribution in [1.29, 1.82) is 0 Å². The van der Waals surface area contributed by atoms with E-state index in [2.05, 4.69) is 22.5 Å². The van der Waals surface area contributed by atoms with E-state index >= 15 is 0 Å². The second-order valence-electron chi connectivity index (χ2n) is 4.17. The maximum absolute atomic E-state index is 11.8. The number of nitrogens with one attached hydrogen (secondary N) is 2. The molecule has 1 fully saturated rings. The first kappa shape index (κ1) is 14.4. The van der Waals surface area contributed by atoms with Gasteiger partial charge in [0.1, 0.15) is 12.6 Å². The van der Waals surface area contributed by atoms with Crippen LogP contribution in [0.2, 0.25) is 0 Å². The second kappa shape index (κ2) is 6.98. The van der Waals surface area contributed by atoms with Crippen LogP contribution < -0.4 is 10.6 Å². The lowest BCUT2D eigenvalue weighted by atomic mass is 10.1. The maximum atomic E-state index is 11.8. The van der Waals surface area contributed by atoms with Crippen LogP contribution in [-0.2, 0) is 11.3 Å². The van der Waals surface area contributed by atoms with E-state index in [9.17, 15) is 9.59 Å². The van der Waals surface area contributed by atoms with E-state index in [1.807, 2.05) is 24.3 Å². The zero-order valence-corrected chi connectivity index (χ0v) is 11.5. The van der Waals surface area contributed by atoms with Gasteiger partial charge in [0.05, 0.1) is 0 Å². The van der Waals surface area contributed by atoms with Crippen molar-refractivity contribution in [3.63, 3.8) is 0 Å². The Balaban J connectivity index is 1.84. The van der Waals surface area contributed by atoms with Crippen LogP contribution >= 0.6 is 11.8 Å². The fourth-order valence-corrected chi connectivity index (χ4v) is 2.46. The van der Waals surface area contributed by atoms with Gasteiger partial charge in [0, 0.05) is 17.9 Å². The molecule has 6 heteroatoms. The first-order valence-corrected chi connectivity index (χ1v) is 7.07. The molecule has 0 spiro atoms. The molecule has 1 unspecified atom stereocenters. The van der Waals surface area contributed by atoms with Crippen LogP contribution in [0.3, 0.4) is 0 Å². The van der Waals surface area contributed by atoms with Crippen LogP contribution in [0.15, 0.2) is 24.3 Å². The monoisotopic (exact) mass is 290 g/mol. The molecule has 1 atom stereocenters. The van der Waals surface area contributed by atoms with E-state index in [1.165, 1.54) is 0 Å². The van der Waals surface area contributed by atoms with E-state index in [4.69, 9.17) is 5.11 Å². The highest BCUT2D eigenvalue weighted by Gasteiger charge is 2.27. The van der Waals surface area contributed by atoms with Gasteiger partial charge in [0.15, 0.2) is 0 Å². The summed E-state index contributed by atoms with van der Waals surface area (Å²) in [4.78, 5) is 22.8. The predicted molar refractivity (Wildman–Crippen MR) is 77.0 cm³/mol. The quantitative estimate of drug-likeness (QED) is 0.707. The Bertz CT molecular complexity index is 560. The third-order valence-corrected chi connectivity index (χ3v) is 3.60. The minimum absolute atomic E-state index is 0.156. The molecule has 5 nitrogen and oxygen atoms in total. The summed E-state index contributed by atoms with van der Waals surface area (Å²) in [6, 6.07) is 6.95. The number of carbonyl (C=O) groups is 2. The summed E-state index contributed by atoms with van der Waals surface area (Å²) < 4.78 is 0. The molecular formula is C14H14N2O3S. The first-order chi connectivity index (χ1) is 9.69. The molecule has 1 heterocycles. The molecule has 2 amide bonds. The minimum atomic E-state index is -0.442. The first-order valence-electron chi connectivity index (χ1n) is 6.08. The van der Waals surface area contributed by atoms with Gasteiger partial charge >= 0.3 is 0 Å². The normalized spacial score (nSPS) is 17.1. The Labute approximate surface area is 121 Å². The standard InChI is InChI=1S/C14H14N2O3S/c17-7-1-2-10-3-5-11(6-4-10)8-15-13(18)12-9-20-14(19)16-12/h3-6,12,17H,7-9H2,(H,15,18)(H,16,19). The molecule has 104 valence electrons. The van der Waals surface area contributed by atoms with Crippen LogP contribution in [0.5, 0.6) is 0 Å². The second-order valence-corrected chi connectivity index (χ2v) is 5.16. The third-order valence-electron chi connectivity index (χ3n) is 2.72. The van der Waals surface area contributed by atoms with Crippen molar-refractivity contribution in [3.05, 3.63) is 35.4 Å². The number of amides is 2. The number of carbonyl (C=O) groups excluding carboxylic acids is 2. The van der Waals surface area contributed by atoms with Crippen molar-refractivity contribution in [1.82, 2.24) is 10.6 Å². The fourth-order valence-electron chi connectivity index (χ4n) is 1.69. The Morgan fingerprint density at radius 3 is 2.80 bits per heavy atom. The summed E-state index contributed by atoms with van der Waals surface area (Å²) in [5.41, 5.74) is 1.76. The zero-order valence-electron chi connectivity index (χ0n) is 10.7. The highest BCUT2D eigenvalue weighted by Crippen LogP contribution is 2.13. The minimum Gasteiger partial charge on any atom is -0.384 e. The Morgan fingerprint density at radius 2 is 2.20 bits per heavy atom. The Kier molecular flexibility index (Phi) is 5.04. The molecule has 0 aromatic heterocycles. The number of thioether (sulfide) groups is 1. The molecule has 0 aliphatic carbocycles. The summed E-state index contributed by atoms with van der Waals surface area (Å²) in [7, 11) is 0. The summed E-state index contributed by atoms with van der Waals surface area (Å²) in [6.45, 7) is 0.243. The SMILES string of the molecule is O=C1NC(C(=O)NCc2ccc(C#CCO)cc2)CS1. The molecular weight excluding hydrogens is 276 g/mol. The maximum Gasteiger partial charge on any atom is 0.279 e. The van der Waals surface area contributed by atoms with Crippen molar-refractivity contribution in [2.24, 2.45) is 0 Å². The molecule has 1 aromatic rings. The van der Waals surface area contributed by atoms with E-state index in [0.29, 0.717) is 12.3 Å². The average molecular weight is 290 g/mol. The van der Waals surface area contributed by atoms with E-state index < -0.39 is 6.04 Å². The number of hydrogen-bond acceptors (Lipinski definition) is 4. The highest BCUT2D eigenvalue weighted by atomic mass is 32.2. The number of aliphatic hydroxyl groups excluding tert-OH is 1. The van der Waals surface area contributed by atoms with Gasteiger partial charge in [-0.1, -0.05) is 35.7 Å². The number of aliphatic hydroxyl groups is 1. The lowest BCUT2D eigenvalue weighted by molar-refractivity contribution is -0.122. The predicted octanol–water partition coefficient (Wildman–Crippen LogP) is 0.472. The number of benzene rings is 1. The molecule has 0 radical (unpaired) electrons. The van der Waals surface area contributed by atoms with Crippen molar-refractivity contribution in [2.75, 3.05) is 12.4 Å². The summed E-state index contributed by atoms with van der Waals surface area (Å²) >= 11 is 1.12. The van der Waals surface area contributed by atoms with Gasteiger partial charge in [-0.15, -0.1) is 0 Å². The van der Waals surface area contributed by atoms with Crippen molar-refractivity contribution < 1.29 is 14.7 Å². The molecule has 0 bridgehead atoms. The molecule has 0 saturated carbocycles. The summed E-state index contributed by atoms with van der Waals surface area (Å²) in [5, 5.41) is 13.8. The van der Waals surface area contributed by atoms with Gasteiger partial charge in [0.25, 0.3) is 5.24 Å². The lowest BCUT2D eigenvalue weighted by Gasteiger charge is -2.10. The average Bonchev–Trinajstić information content (AvgIpc) is 2.90. The fraction of sp³-hybridized carbons (Fsp3) is 0.286. The Morgan fingerprint density at radius 1 is 1.45 bits per heavy atom. The highest BCUT2D eigenvalue weighted by molar-refractivity contribution is 8.14. The van der Waals surface area contributed by atoms with Gasteiger partial charge < -0.3 is 15.7 Å².